The second-order valence-electron chi connectivity index (χ2n) is 7.20. The number of rotatable bonds is 5. The van der Waals surface area contributed by atoms with Crippen molar-refractivity contribution in [3.63, 3.8) is 0 Å². The van der Waals surface area contributed by atoms with Gasteiger partial charge in [-0.2, -0.15) is 4.31 Å². The molecule has 3 rings (SSSR count). The number of carbonyl (C=O) groups excluding carboxylic acids is 1. The molecule has 150 valence electrons. The normalized spacial score (nSPS) is 15.2. The van der Waals surface area contributed by atoms with Crippen molar-refractivity contribution in [2.24, 2.45) is 0 Å². The van der Waals surface area contributed by atoms with Gasteiger partial charge in [0.25, 0.3) is 5.91 Å². The third-order valence-corrected chi connectivity index (χ3v) is 6.89. The Morgan fingerprint density at radius 3 is 2.43 bits per heavy atom. The van der Waals surface area contributed by atoms with E-state index in [1.807, 2.05) is 19.0 Å². The number of aromatic nitrogens is 1. The van der Waals surface area contributed by atoms with E-state index in [9.17, 15) is 13.2 Å². The Hall–Kier alpha value is -2.45. The first-order valence-electron chi connectivity index (χ1n) is 9.34. The third kappa shape index (κ3) is 4.34. The summed E-state index contributed by atoms with van der Waals surface area (Å²) >= 11 is 0. The van der Waals surface area contributed by atoms with Crippen LogP contribution in [-0.2, 0) is 10.0 Å². The van der Waals surface area contributed by atoms with Crippen LogP contribution in [0.2, 0.25) is 0 Å². The van der Waals surface area contributed by atoms with Crippen molar-refractivity contribution in [3.05, 3.63) is 47.7 Å². The Bertz CT molecular complexity index is 950. The average molecular weight is 403 g/mol. The van der Waals surface area contributed by atoms with Crippen LogP contribution in [0, 0.1) is 6.92 Å². The van der Waals surface area contributed by atoms with Crippen molar-refractivity contribution in [2.45, 2.75) is 31.1 Å². The van der Waals surface area contributed by atoms with Gasteiger partial charge in [-0.25, -0.2) is 13.4 Å². The first-order chi connectivity index (χ1) is 13.3. The second kappa shape index (κ2) is 8.28. The van der Waals surface area contributed by atoms with E-state index in [0.717, 1.165) is 25.1 Å². The van der Waals surface area contributed by atoms with Crippen LogP contribution in [-0.4, -0.2) is 50.8 Å². The number of nitrogens with zero attached hydrogens (tertiary/aromatic N) is 3. The van der Waals surface area contributed by atoms with Crippen LogP contribution in [0.15, 0.2) is 41.4 Å². The van der Waals surface area contributed by atoms with Crippen LogP contribution in [0.5, 0.6) is 0 Å². The van der Waals surface area contributed by atoms with Crippen molar-refractivity contribution < 1.29 is 13.2 Å². The molecule has 1 aliphatic heterocycles. The number of nitrogens with one attached hydrogen (secondary N) is 1. The molecule has 1 saturated heterocycles. The van der Waals surface area contributed by atoms with Crippen LogP contribution in [0.25, 0.3) is 0 Å². The van der Waals surface area contributed by atoms with Gasteiger partial charge in [-0.1, -0.05) is 12.5 Å². The summed E-state index contributed by atoms with van der Waals surface area (Å²) in [5.74, 6) is 0.415. The maximum absolute atomic E-state index is 13.0. The summed E-state index contributed by atoms with van der Waals surface area (Å²) in [6, 6.07) is 8.35. The summed E-state index contributed by atoms with van der Waals surface area (Å²) in [6.07, 6.45) is 4.36. The van der Waals surface area contributed by atoms with Gasteiger partial charge in [0.15, 0.2) is 0 Å². The molecule has 1 amide bonds. The van der Waals surface area contributed by atoms with Gasteiger partial charge in [-0.3, -0.25) is 4.79 Å². The largest absolute Gasteiger partial charge is 0.363 e. The van der Waals surface area contributed by atoms with E-state index in [-0.39, 0.29) is 10.8 Å². The average Bonchev–Trinajstić information content (AvgIpc) is 2.69. The van der Waals surface area contributed by atoms with Crippen molar-refractivity contribution in [1.82, 2.24) is 9.29 Å². The van der Waals surface area contributed by atoms with Gasteiger partial charge in [-0.05, 0) is 49.6 Å². The molecule has 0 bridgehead atoms. The van der Waals surface area contributed by atoms with E-state index in [1.54, 1.807) is 37.4 Å². The number of hydrogen-bond donors (Lipinski definition) is 1. The summed E-state index contributed by atoms with van der Waals surface area (Å²) in [4.78, 5) is 19.0. The van der Waals surface area contributed by atoms with Crippen LogP contribution >= 0.6 is 0 Å². The number of pyridine rings is 1. The lowest BCUT2D eigenvalue weighted by Gasteiger charge is -2.26. The molecule has 0 aliphatic carbocycles. The highest BCUT2D eigenvalue weighted by molar-refractivity contribution is 7.89. The number of piperidine rings is 1. The molecule has 0 atom stereocenters. The van der Waals surface area contributed by atoms with E-state index in [0.29, 0.717) is 29.9 Å². The summed E-state index contributed by atoms with van der Waals surface area (Å²) in [5.41, 5.74) is 1.49. The predicted octanol–water partition coefficient (Wildman–Crippen LogP) is 2.88. The molecule has 1 aliphatic rings. The third-order valence-electron chi connectivity index (χ3n) is 4.85. The number of amides is 1. The molecule has 0 saturated carbocycles. The number of hydrogen-bond acceptors (Lipinski definition) is 5. The summed E-state index contributed by atoms with van der Waals surface area (Å²) in [6.45, 7) is 2.81. The monoisotopic (exact) mass is 402 g/mol. The highest BCUT2D eigenvalue weighted by atomic mass is 32.2. The van der Waals surface area contributed by atoms with Gasteiger partial charge < -0.3 is 10.2 Å². The Labute approximate surface area is 166 Å². The van der Waals surface area contributed by atoms with Gasteiger partial charge in [0.1, 0.15) is 5.82 Å². The summed E-state index contributed by atoms with van der Waals surface area (Å²) < 4.78 is 27.6. The number of carbonyl (C=O) groups is 1. The van der Waals surface area contributed by atoms with Gasteiger partial charge in [0.2, 0.25) is 10.0 Å². The zero-order valence-electron chi connectivity index (χ0n) is 16.5. The fourth-order valence-electron chi connectivity index (χ4n) is 3.19. The Kier molecular flexibility index (Phi) is 6.00. The minimum Gasteiger partial charge on any atom is -0.363 e. The van der Waals surface area contributed by atoms with Gasteiger partial charge in [-0.15, -0.1) is 0 Å². The molecule has 1 aromatic heterocycles. The molecule has 7 nitrogen and oxygen atoms in total. The molecule has 0 unspecified atom stereocenters. The van der Waals surface area contributed by atoms with E-state index in [2.05, 4.69) is 10.3 Å². The van der Waals surface area contributed by atoms with Crippen LogP contribution in [0.3, 0.4) is 0 Å². The van der Waals surface area contributed by atoms with Gasteiger partial charge >= 0.3 is 0 Å². The van der Waals surface area contributed by atoms with Crippen molar-refractivity contribution in [3.8, 4) is 0 Å². The van der Waals surface area contributed by atoms with E-state index < -0.39 is 10.0 Å². The fraction of sp³-hybridized carbons (Fsp3) is 0.400. The minimum atomic E-state index is -3.60. The Morgan fingerprint density at radius 2 is 1.82 bits per heavy atom. The molecule has 1 fully saturated rings. The van der Waals surface area contributed by atoms with Crippen molar-refractivity contribution >= 4 is 27.4 Å². The maximum Gasteiger partial charge on any atom is 0.255 e. The van der Waals surface area contributed by atoms with Gasteiger partial charge in [0, 0.05) is 32.7 Å². The number of benzene rings is 1. The maximum atomic E-state index is 13.0. The highest BCUT2D eigenvalue weighted by Gasteiger charge is 2.28. The van der Waals surface area contributed by atoms with Gasteiger partial charge in [0.05, 0.1) is 16.8 Å². The Morgan fingerprint density at radius 1 is 1.11 bits per heavy atom. The van der Waals surface area contributed by atoms with E-state index in [1.165, 1.54) is 10.4 Å². The number of aryl methyl sites for hydroxylation is 1. The SMILES string of the molecule is Cc1ccc(C(=O)Nc2ccc(N(C)C)nc2)cc1S(=O)(=O)N1CCCCC1. The molecule has 0 spiro atoms. The zero-order valence-corrected chi connectivity index (χ0v) is 17.3. The van der Waals surface area contributed by atoms with Crippen LogP contribution in [0.4, 0.5) is 11.5 Å². The number of sulfonamides is 1. The number of anilines is 2. The predicted molar refractivity (Wildman–Crippen MR) is 110 cm³/mol. The molecule has 2 heterocycles. The van der Waals surface area contributed by atoms with Crippen molar-refractivity contribution in [1.29, 1.82) is 0 Å². The summed E-state index contributed by atoms with van der Waals surface area (Å²) in [5, 5.41) is 2.77. The standard InChI is InChI=1S/C20H26N4O3S/c1-15-7-8-16(13-18(15)28(26,27)24-11-5-4-6-12-24)20(25)22-17-9-10-19(21-14-17)23(2)3/h7-10,13-14H,4-6,11-12H2,1-3H3,(H,22,25). The lowest BCUT2D eigenvalue weighted by molar-refractivity contribution is 0.102. The Balaban J connectivity index is 1.83. The molecule has 0 radical (unpaired) electrons. The molecule has 28 heavy (non-hydrogen) atoms. The van der Waals surface area contributed by atoms with Crippen LogP contribution < -0.4 is 10.2 Å². The van der Waals surface area contributed by atoms with E-state index >= 15 is 0 Å². The fourth-order valence-corrected chi connectivity index (χ4v) is 4.96. The molecule has 1 N–H and O–H groups in total. The highest BCUT2D eigenvalue weighted by Crippen LogP contribution is 2.25. The first kappa shape index (κ1) is 20.3. The quantitative estimate of drug-likeness (QED) is 0.832. The smallest absolute Gasteiger partial charge is 0.255 e. The second-order valence-corrected chi connectivity index (χ2v) is 9.11. The summed E-state index contributed by atoms with van der Waals surface area (Å²) in [7, 11) is 0.171. The topological polar surface area (TPSA) is 82.6 Å². The minimum absolute atomic E-state index is 0.197. The van der Waals surface area contributed by atoms with Crippen molar-refractivity contribution in [2.75, 3.05) is 37.4 Å². The lowest BCUT2D eigenvalue weighted by Crippen LogP contribution is -2.36. The zero-order chi connectivity index (χ0) is 20.3. The molecular weight excluding hydrogens is 376 g/mol. The first-order valence-corrected chi connectivity index (χ1v) is 10.8. The molecule has 8 heteroatoms. The van der Waals surface area contributed by atoms with E-state index in [4.69, 9.17) is 0 Å². The van der Waals surface area contributed by atoms with Crippen LogP contribution in [0.1, 0.15) is 35.2 Å². The molecule has 1 aromatic carbocycles. The molecular formula is C20H26N4O3S. The lowest BCUT2D eigenvalue weighted by atomic mass is 10.1. The molecule has 2 aromatic rings.